The second-order valence-corrected chi connectivity index (χ2v) is 12.9. The Bertz CT molecular complexity index is 2980. The van der Waals surface area contributed by atoms with Gasteiger partial charge in [0.2, 0.25) is 0 Å². The lowest BCUT2D eigenvalue weighted by molar-refractivity contribution is 1.16. The van der Waals surface area contributed by atoms with Crippen molar-refractivity contribution in [3.8, 4) is 17.1 Å². The molecule has 3 nitrogen and oxygen atoms in total. The summed E-state index contributed by atoms with van der Waals surface area (Å²) >= 11 is 0. The summed E-state index contributed by atoms with van der Waals surface area (Å²) in [5.41, 5.74) is 15.6. The lowest BCUT2D eigenvalue weighted by Crippen LogP contribution is -2.59. The molecule has 0 fully saturated rings. The van der Waals surface area contributed by atoms with Crippen LogP contribution in [0.25, 0.3) is 82.5 Å². The van der Waals surface area contributed by atoms with Crippen LogP contribution in [0, 0.1) is 0 Å². The second-order valence-electron chi connectivity index (χ2n) is 12.9. The van der Waals surface area contributed by atoms with Gasteiger partial charge in [-0.15, -0.1) is 0 Å². The molecule has 0 spiro atoms. The number of hydrogen-bond acceptors (Lipinski definition) is 0. The first-order chi connectivity index (χ1) is 22.9. The summed E-state index contributed by atoms with van der Waals surface area (Å²) in [6.45, 7) is 0.167. The van der Waals surface area contributed by atoms with Crippen LogP contribution in [-0.4, -0.2) is 20.4 Å². The average Bonchev–Trinajstić information content (AvgIpc) is 3.75. The molecular formula is C42H24BN3. The van der Waals surface area contributed by atoms with Crippen molar-refractivity contribution < 1.29 is 0 Å². The largest absolute Gasteiger partial charge is 0.310 e. The summed E-state index contributed by atoms with van der Waals surface area (Å²) in [7, 11) is 0. The number of benzene rings is 7. The molecule has 0 radical (unpaired) electrons. The minimum absolute atomic E-state index is 0.167. The van der Waals surface area contributed by atoms with Crippen molar-refractivity contribution in [3.63, 3.8) is 0 Å². The second kappa shape index (κ2) is 7.98. The number of nitrogens with zero attached hydrogens (tertiary/aromatic N) is 3. The molecule has 0 N–H and O–H groups in total. The summed E-state index contributed by atoms with van der Waals surface area (Å²) in [6.07, 6.45) is 0. The van der Waals surface area contributed by atoms with E-state index >= 15 is 0 Å². The molecule has 46 heavy (non-hydrogen) atoms. The van der Waals surface area contributed by atoms with E-state index in [9.17, 15) is 0 Å². The molecule has 5 heterocycles. The molecule has 2 aliphatic rings. The average molecular weight is 581 g/mol. The van der Waals surface area contributed by atoms with E-state index in [4.69, 9.17) is 0 Å². The van der Waals surface area contributed by atoms with Crippen LogP contribution in [0.5, 0.6) is 0 Å². The number of rotatable bonds is 1. The minimum Gasteiger partial charge on any atom is -0.310 e. The molecule has 12 rings (SSSR count). The van der Waals surface area contributed by atoms with Gasteiger partial charge < -0.3 is 13.7 Å². The molecule has 10 aromatic rings. The third-order valence-corrected chi connectivity index (χ3v) is 10.8. The number of para-hydroxylation sites is 5. The van der Waals surface area contributed by atoms with Crippen molar-refractivity contribution in [2.45, 2.75) is 0 Å². The van der Waals surface area contributed by atoms with E-state index in [0.717, 1.165) is 0 Å². The van der Waals surface area contributed by atoms with Crippen LogP contribution in [0.2, 0.25) is 0 Å². The fourth-order valence-electron chi connectivity index (χ4n) is 9.11. The molecule has 0 amide bonds. The Morgan fingerprint density at radius 1 is 0.348 bits per heavy atom. The Morgan fingerprint density at radius 3 is 1.78 bits per heavy atom. The zero-order valence-corrected chi connectivity index (χ0v) is 24.8. The van der Waals surface area contributed by atoms with Gasteiger partial charge in [0, 0.05) is 54.9 Å². The predicted octanol–water partition coefficient (Wildman–Crippen LogP) is 8.12. The zero-order valence-electron chi connectivity index (χ0n) is 24.8. The third kappa shape index (κ3) is 2.58. The highest BCUT2D eigenvalue weighted by atomic mass is 15.0. The fourth-order valence-corrected chi connectivity index (χ4v) is 9.11. The van der Waals surface area contributed by atoms with Crippen LogP contribution < -0.4 is 16.4 Å². The molecule has 0 aliphatic carbocycles. The molecular weight excluding hydrogens is 557 g/mol. The predicted molar refractivity (Wildman–Crippen MR) is 194 cm³/mol. The molecule has 0 bridgehead atoms. The van der Waals surface area contributed by atoms with Gasteiger partial charge in [0.1, 0.15) is 0 Å². The van der Waals surface area contributed by atoms with Crippen LogP contribution in [0.1, 0.15) is 0 Å². The number of hydrogen-bond donors (Lipinski definition) is 0. The van der Waals surface area contributed by atoms with E-state index in [1.54, 1.807) is 0 Å². The lowest BCUT2D eigenvalue weighted by Gasteiger charge is -2.33. The molecule has 0 unspecified atom stereocenters. The van der Waals surface area contributed by atoms with Gasteiger partial charge >= 0.3 is 0 Å². The highest BCUT2D eigenvalue weighted by Crippen LogP contribution is 2.42. The van der Waals surface area contributed by atoms with E-state index in [1.807, 2.05) is 0 Å². The van der Waals surface area contributed by atoms with Crippen LogP contribution in [-0.2, 0) is 0 Å². The third-order valence-electron chi connectivity index (χ3n) is 10.8. The maximum Gasteiger partial charge on any atom is 0.252 e. The molecule has 210 valence electrons. The Kier molecular flexibility index (Phi) is 4.06. The Hall–Kier alpha value is -6.00. The van der Waals surface area contributed by atoms with Crippen LogP contribution in [0.3, 0.4) is 0 Å². The van der Waals surface area contributed by atoms with Crippen LogP contribution in [0.4, 0.5) is 0 Å². The summed E-state index contributed by atoms with van der Waals surface area (Å²) < 4.78 is 7.53. The lowest BCUT2D eigenvalue weighted by atomic mass is 9.34. The van der Waals surface area contributed by atoms with Gasteiger partial charge in [0.25, 0.3) is 6.71 Å². The molecule has 0 saturated carbocycles. The van der Waals surface area contributed by atoms with Crippen molar-refractivity contribution in [2.75, 3.05) is 0 Å². The zero-order chi connectivity index (χ0) is 29.7. The van der Waals surface area contributed by atoms with Crippen molar-refractivity contribution in [1.29, 1.82) is 0 Å². The summed E-state index contributed by atoms with van der Waals surface area (Å²) in [6, 6.07) is 54.2. The standard InChI is InChI=1S/C42H24BN3/c1-2-11-25(12-3-1)44-34-18-7-5-14-27(34)30-23-39-31(24-38(30)44)28-15-10-17-33-41(28)46(39)37-22-21-29-26-13-4-8-19-35(26)45-36-20-9-6-16-32(36)43(33)40(37)42(29)45/h1-24H. The first kappa shape index (κ1) is 23.4. The molecule has 2 aliphatic heterocycles. The highest BCUT2D eigenvalue weighted by molar-refractivity contribution is 7.00. The molecule has 0 atom stereocenters. The van der Waals surface area contributed by atoms with Gasteiger partial charge in [-0.05, 0) is 64.9 Å². The monoisotopic (exact) mass is 581 g/mol. The maximum absolute atomic E-state index is 2.58. The Balaban J connectivity index is 1.30. The van der Waals surface area contributed by atoms with Crippen LogP contribution >= 0.6 is 0 Å². The van der Waals surface area contributed by atoms with E-state index in [1.165, 1.54) is 98.9 Å². The van der Waals surface area contributed by atoms with Crippen molar-refractivity contribution in [2.24, 2.45) is 0 Å². The van der Waals surface area contributed by atoms with E-state index in [2.05, 4.69) is 159 Å². The molecule has 3 aromatic heterocycles. The Labute approximate surface area is 264 Å². The molecule has 7 aromatic carbocycles. The van der Waals surface area contributed by atoms with E-state index < -0.39 is 0 Å². The number of fused-ring (bicyclic) bond motifs is 14. The SMILES string of the molecule is c1ccc(-n2c3ccccc3c3cc4c(cc32)c2cccc3c2n4-c2ccc4c5ccccc5n5c4c2B3c2ccccc2-5)cc1. The smallest absolute Gasteiger partial charge is 0.252 e. The fraction of sp³-hybridized carbons (Fsp3) is 0. The van der Waals surface area contributed by atoms with Crippen LogP contribution in [0.15, 0.2) is 146 Å². The summed E-state index contributed by atoms with van der Waals surface area (Å²) in [5, 5.41) is 7.81. The van der Waals surface area contributed by atoms with Gasteiger partial charge in [0.05, 0.1) is 27.6 Å². The van der Waals surface area contributed by atoms with Crippen molar-refractivity contribution >= 4 is 88.5 Å². The van der Waals surface area contributed by atoms with Gasteiger partial charge in [-0.2, -0.15) is 0 Å². The van der Waals surface area contributed by atoms with E-state index in [-0.39, 0.29) is 6.71 Å². The van der Waals surface area contributed by atoms with Gasteiger partial charge in [0.15, 0.2) is 0 Å². The van der Waals surface area contributed by atoms with Crippen molar-refractivity contribution in [3.05, 3.63) is 146 Å². The summed E-state index contributed by atoms with van der Waals surface area (Å²) in [5.74, 6) is 0. The Morgan fingerprint density at radius 2 is 0.935 bits per heavy atom. The quantitative estimate of drug-likeness (QED) is 0.174. The van der Waals surface area contributed by atoms with Gasteiger partial charge in [-0.3, -0.25) is 0 Å². The minimum atomic E-state index is 0.167. The first-order valence-corrected chi connectivity index (χ1v) is 16.1. The normalized spacial score (nSPS) is 13.2. The highest BCUT2D eigenvalue weighted by Gasteiger charge is 2.40. The van der Waals surface area contributed by atoms with Crippen molar-refractivity contribution in [1.82, 2.24) is 13.7 Å². The molecule has 4 heteroatoms. The topological polar surface area (TPSA) is 14.8 Å². The number of aromatic nitrogens is 3. The van der Waals surface area contributed by atoms with E-state index in [0.29, 0.717) is 0 Å². The van der Waals surface area contributed by atoms with Gasteiger partial charge in [-0.1, -0.05) is 97.1 Å². The maximum atomic E-state index is 2.58. The first-order valence-electron chi connectivity index (χ1n) is 16.1. The summed E-state index contributed by atoms with van der Waals surface area (Å²) in [4.78, 5) is 0. The molecule has 0 saturated heterocycles. The van der Waals surface area contributed by atoms with Gasteiger partial charge in [-0.25, -0.2) is 0 Å².